The van der Waals surface area contributed by atoms with Crippen molar-refractivity contribution in [2.24, 2.45) is 0 Å². The third-order valence-corrected chi connectivity index (χ3v) is 4.58. The molecule has 5 heteroatoms. The van der Waals surface area contributed by atoms with Crippen LogP contribution in [0.3, 0.4) is 0 Å². The monoisotopic (exact) mass is 295 g/mol. The number of aryl methyl sites for hydroxylation is 1. The molecule has 0 radical (unpaired) electrons. The highest BCUT2D eigenvalue weighted by Gasteiger charge is 2.16. The van der Waals surface area contributed by atoms with Crippen molar-refractivity contribution in [3.05, 3.63) is 64.7 Å². The Labute approximate surface area is 118 Å². The second kappa shape index (κ2) is 5.74. The van der Waals surface area contributed by atoms with Gasteiger partial charge in [-0.25, -0.2) is 13.1 Å². The van der Waals surface area contributed by atoms with Crippen LogP contribution in [0.4, 0.5) is 0 Å². The van der Waals surface area contributed by atoms with Gasteiger partial charge in [0.15, 0.2) is 0 Å². The molecule has 2 aromatic carbocycles. The van der Waals surface area contributed by atoms with Crippen LogP contribution in [-0.4, -0.2) is 8.42 Å². The highest BCUT2D eigenvalue weighted by atomic mass is 35.5. The van der Waals surface area contributed by atoms with Crippen LogP contribution in [0.1, 0.15) is 11.1 Å². The predicted octanol–water partition coefficient (Wildman–Crippen LogP) is 3.13. The van der Waals surface area contributed by atoms with Crippen LogP contribution in [0, 0.1) is 6.92 Å². The lowest BCUT2D eigenvalue weighted by Crippen LogP contribution is -2.23. The fourth-order valence-corrected chi connectivity index (χ4v) is 3.28. The Morgan fingerprint density at radius 3 is 2.53 bits per heavy atom. The van der Waals surface area contributed by atoms with E-state index in [1.165, 1.54) is 6.07 Å². The van der Waals surface area contributed by atoms with E-state index in [1.807, 2.05) is 31.2 Å². The molecule has 0 aliphatic carbocycles. The minimum atomic E-state index is -3.58. The molecule has 0 heterocycles. The predicted molar refractivity (Wildman–Crippen MR) is 76.7 cm³/mol. The van der Waals surface area contributed by atoms with E-state index in [4.69, 9.17) is 11.6 Å². The van der Waals surface area contributed by atoms with Gasteiger partial charge >= 0.3 is 0 Å². The summed E-state index contributed by atoms with van der Waals surface area (Å²) in [5.74, 6) is 0. The van der Waals surface area contributed by atoms with Crippen LogP contribution in [0.15, 0.2) is 53.4 Å². The average Bonchev–Trinajstić information content (AvgIpc) is 2.37. The van der Waals surface area contributed by atoms with E-state index >= 15 is 0 Å². The van der Waals surface area contributed by atoms with E-state index in [0.717, 1.165) is 11.1 Å². The number of hydrogen-bond acceptors (Lipinski definition) is 2. The summed E-state index contributed by atoms with van der Waals surface area (Å²) in [7, 11) is -3.58. The topological polar surface area (TPSA) is 46.2 Å². The first-order valence-corrected chi connectivity index (χ1v) is 7.65. The lowest BCUT2D eigenvalue weighted by Gasteiger charge is -2.08. The fourth-order valence-electron chi connectivity index (χ4n) is 1.74. The smallest absolute Gasteiger partial charge is 0.207 e. The molecule has 0 saturated heterocycles. The summed E-state index contributed by atoms with van der Waals surface area (Å²) >= 11 is 5.90. The van der Waals surface area contributed by atoms with Crippen LogP contribution in [0.5, 0.6) is 0 Å². The molecule has 0 saturated carbocycles. The molecule has 0 fully saturated rings. The van der Waals surface area contributed by atoms with E-state index in [0.29, 0.717) is 0 Å². The molecule has 0 bridgehead atoms. The van der Waals surface area contributed by atoms with E-state index in [9.17, 15) is 8.42 Å². The molecule has 0 aromatic heterocycles. The maximum atomic E-state index is 12.1. The average molecular weight is 296 g/mol. The van der Waals surface area contributed by atoms with Crippen molar-refractivity contribution < 1.29 is 8.42 Å². The van der Waals surface area contributed by atoms with Crippen LogP contribution in [-0.2, 0) is 16.6 Å². The van der Waals surface area contributed by atoms with E-state index < -0.39 is 10.0 Å². The highest BCUT2D eigenvalue weighted by Crippen LogP contribution is 2.20. The first-order chi connectivity index (χ1) is 8.99. The number of sulfonamides is 1. The Bertz CT molecular complexity index is 683. The lowest BCUT2D eigenvalue weighted by molar-refractivity contribution is 0.581. The molecule has 19 heavy (non-hydrogen) atoms. The van der Waals surface area contributed by atoms with Gasteiger partial charge in [-0.3, -0.25) is 0 Å². The zero-order valence-corrected chi connectivity index (χ0v) is 12.0. The Morgan fingerprint density at radius 1 is 1.11 bits per heavy atom. The molecule has 0 aliphatic rings. The molecule has 0 unspecified atom stereocenters. The number of rotatable bonds is 4. The van der Waals surface area contributed by atoms with Gasteiger partial charge in [0.05, 0.1) is 5.02 Å². The van der Waals surface area contributed by atoms with Gasteiger partial charge in [-0.15, -0.1) is 0 Å². The number of benzene rings is 2. The van der Waals surface area contributed by atoms with Crippen LogP contribution < -0.4 is 4.72 Å². The summed E-state index contributed by atoms with van der Waals surface area (Å²) in [4.78, 5) is 0.101. The first-order valence-electron chi connectivity index (χ1n) is 5.79. The van der Waals surface area contributed by atoms with Gasteiger partial charge in [0.2, 0.25) is 10.0 Å². The Morgan fingerprint density at radius 2 is 1.84 bits per heavy atom. The molecular formula is C14H14ClNO2S. The molecule has 0 aliphatic heterocycles. The summed E-state index contributed by atoms with van der Waals surface area (Å²) < 4.78 is 26.8. The van der Waals surface area contributed by atoms with Crippen molar-refractivity contribution in [2.45, 2.75) is 18.4 Å². The quantitative estimate of drug-likeness (QED) is 0.942. The summed E-state index contributed by atoms with van der Waals surface area (Å²) in [6.07, 6.45) is 0. The molecule has 0 atom stereocenters. The Kier molecular flexibility index (Phi) is 4.24. The van der Waals surface area contributed by atoms with E-state index in [2.05, 4.69) is 4.72 Å². The van der Waals surface area contributed by atoms with Crippen LogP contribution in [0.2, 0.25) is 5.02 Å². The molecule has 3 nitrogen and oxygen atoms in total. The third kappa shape index (κ3) is 3.56. The maximum Gasteiger partial charge on any atom is 0.242 e. The molecular weight excluding hydrogens is 282 g/mol. The summed E-state index contributed by atoms with van der Waals surface area (Å²) in [6.45, 7) is 2.21. The Balaban J connectivity index is 2.17. The van der Waals surface area contributed by atoms with Crippen molar-refractivity contribution in [1.29, 1.82) is 0 Å². The van der Waals surface area contributed by atoms with Gasteiger partial charge < -0.3 is 0 Å². The van der Waals surface area contributed by atoms with Crippen molar-refractivity contribution in [2.75, 3.05) is 0 Å². The highest BCUT2D eigenvalue weighted by molar-refractivity contribution is 7.89. The molecule has 100 valence electrons. The molecule has 0 amide bonds. The molecule has 0 spiro atoms. The number of halogens is 1. The van der Waals surface area contributed by atoms with Crippen LogP contribution >= 0.6 is 11.6 Å². The largest absolute Gasteiger partial charge is 0.242 e. The molecule has 1 N–H and O–H groups in total. The SMILES string of the molecule is Cc1cccc(CNS(=O)(=O)c2ccccc2Cl)c1. The van der Waals surface area contributed by atoms with Gasteiger partial charge in [-0.2, -0.15) is 0 Å². The second-order valence-electron chi connectivity index (χ2n) is 4.24. The van der Waals surface area contributed by atoms with Gasteiger partial charge in [-0.05, 0) is 24.6 Å². The number of hydrogen-bond donors (Lipinski definition) is 1. The zero-order chi connectivity index (χ0) is 13.9. The van der Waals surface area contributed by atoms with E-state index in [-0.39, 0.29) is 16.5 Å². The molecule has 2 aromatic rings. The fraction of sp³-hybridized carbons (Fsp3) is 0.143. The zero-order valence-electron chi connectivity index (χ0n) is 10.4. The first kappa shape index (κ1) is 14.1. The van der Waals surface area contributed by atoms with Crippen molar-refractivity contribution in [1.82, 2.24) is 4.72 Å². The van der Waals surface area contributed by atoms with Crippen LogP contribution in [0.25, 0.3) is 0 Å². The lowest BCUT2D eigenvalue weighted by atomic mass is 10.1. The standard InChI is InChI=1S/C14H14ClNO2S/c1-11-5-4-6-12(9-11)10-16-19(17,18)14-8-3-2-7-13(14)15/h2-9,16H,10H2,1H3. The van der Waals surface area contributed by atoms with Gasteiger partial charge in [0, 0.05) is 6.54 Å². The molecule has 2 rings (SSSR count). The van der Waals surface area contributed by atoms with Gasteiger partial charge in [-0.1, -0.05) is 53.6 Å². The van der Waals surface area contributed by atoms with Crippen molar-refractivity contribution >= 4 is 21.6 Å². The summed E-state index contributed by atoms with van der Waals surface area (Å²) in [6, 6.07) is 14.1. The normalized spacial score (nSPS) is 11.5. The van der Waals surface area contributed by atoms with Crippen molar-refractivity contribution in [3.63, 3.8) is 0 Å². The van der Waals surface area contributed by atoms with Gasteiger partial charge in [0.1, 0.15) is 4.90 Å². The third-order valence-electron chi connectivity index (χ3n) is 2.67. The summed E-state index contributed by atoms with van der Waals surface area (Å²) in [5.41, 5.74) is 2.00. The number of nitrogens with one attached hydrogen (secondary N) is 1. The van der Waals surface area contributed by atoms with Crippen molar-refractivity contribution in [3.8, 4) is 0 Å². The minimum absolute atomic E-state index is 0.101. The van der Waals surface area contributed by atoms with Gasteiger partial charge in [0.25, 0.3) is 0 Å². The minimum Gasteiger partial charge on any atom is -0.207 e. The maximum absolute atomic E-state index is 12.1. The Hall–Kier alpha value is -1.36. The van der Waals surface area contributed by atoms with E-state index in [1.54, 1.807) is 18.2 Å². The summed E-state index contributed by atoms with van der Waals surface area (Å²) in [5, 5.41) is 0.222. The second-order valence-corrected chi connectivity index (χ2v) is 6.39.